The van der Waals surface area contributed by atoms with E-state index in [0.29, 0.717) is 32.7 Å². The average molecular weight is 294 g/mol. The molecule has 0 aromatic heterocycles. The minimum atomic E-state index is -4.10. The Morgan fingerprint density at radius 1 is 1.00 bits per heavy atom. The fourth-order valence-corrected chi connectivity index (χ4v) is 3.32. The smallest absolute Gasteiger partial charge is 0.329 e. The summed E-state index contributed by atoms with van der Waals surface area (Å²) in [5.74, 6) is 0. The quantitative estimate of drug-likeness (QED) is 0.826. The van der Waals surface area contributed by atoms with Gasteiger partial charge >= 0.3 is 6.18 Å². The van der Waals surface area contributed by atoms with Gasteiger partial charge in [-0.1, -0.05) is 0 Å². The molecule has 2 heterocycles. The van der Waals surface area contributed by atoms with Gasteiger partial charge in [0.25, 0.3) is 0 Å². The van der Waals surface area contributed by atoms with Crippen molar-refractivity contribution in [3.05, 3.63) is 0 Å². The number of nitrogens with two attached hydrogens (primary N) is 1. The summed E-state index contributed by atoms with van der Waals surface area (Å²) >= 11 is 0. The zero-order chi connectivity index (χ0) is 14.8. The van der Waals surface area contributed by atoms with E-state index in [1.807, 2.05) is 0 Å². The van der Waals surface area contributed by atoms with Crippen LogP contribution in [-0.2, 0) is 0 Å². The van der Waals surface area contributed by atoms with Crippen LogP contribution in [0.2, 0.25) is 0 Å². The topological polar surface area (TPSA) is 35.7 Å². The van der Waals surface area contributed by atoms with Crippen LogP contribution in [-0.4, -0.2) is 85.8 Å². The first-order chi connectivity index (χ1) is 9.35. The molecule has 20 heavy (non-hydrogen) atoms. The first-order valence-corrected chi connectivity index (χ1v) is 7.27. The first-order valence-electron chi connectivity index (χ1n) is 7.27. The van der Waals surface area contributed by atoms with Gasteiger partial charge in [-0.2, -0.15) is 13.2 Å². The SMILES string of the molecule is CN1CCC(CN)(N2CCN(CC(F)(F)F)CC2)CC1. The third-order valence-electron chi connectivity index (χ3n) is 4.74. The van der Waals surface area contributed by atoms with Crippen molar-refractivity contribution in [2.24, 2.45) is 5.73 Å². The van der Waals surface area contributed by atoms with Crippen LogP contribution in [0.15, 0.2) is 0 Å². The minimum Gasteiger partial charge on any atom is -0.329 e. The normalized spacial score (nSPS) is 26.9. The molecule has 2 rings (SSSR count). The predicted molar refractivity (Wildman–Crippen MR) is 72.6 cm³/mol. The van der Waals surface area contributed by atoms with Crippen LogP contribution in [0, 0.1) is 0 Å². The minimum absolute atomic E-state index is 0.00314. The Morgan fingerprint density at radius 2 is 1.55 bits per heavy atom. The summed E-state index contributed by atoms with van der Waals surface area (Å²) in [6.07, 6.45) is -2.07. The van der Waals surface area contributed by atoms with Gasteiger partial charge in [-0.05, 0) is 33.0 Å². The molecule has 0 spiro atoms. The molecule has 2 aliphatic rings. The van der Waals surface area contributed by atoms with E-state index in [0.717, 1.165) is 25.9 Å². The molecule has 0 radical (unpaired) electrons. The van der Waals surface area contributed by atoms with Crippen LogP contribution in [0.5, 0.6) is 0 Å². The summed E-state index contributed by atoms with van der Waals surface area (Å²) in [5.41, 5.74) is 5.99. The number of hydrogen-bond acceptors (Lipinski definition) is 4. The zero-order valence-electron chi connectivity index (χ0n) is 12.1. The molecule has 0 saturated carbocycles. The number of rotatable bonds is 3. The highest BCUT2D eigenvalue weighted by Gasteiger charge is 2.40. The molecule has 0 amide bonds. The Bertz CT molecular complexity index is 305. The maximum absolute atomic E-state index is 12.4. The standard InChI is InChI=1S/C13H25F3N4/c1-18-4-2-12(10-17,3-5-18)20-8-6-19(7-9-20)11-13(14,15)16/h2-11,17H2,1H3. The third-order valence-corrected chi connectivity index (χ3v) is 4.74. The molecule has 0 unspecified atom stereocenters. The van der Waals surface area contributed by atoms with Crippen molar-refractivity contribution in [2.45, 2.75) is 24.6 Å². The molecule has 2 aliphatic heterocycles. The lowest BCUT2D eigenvalue weighted by Crippen LogP contribution is -2.63. The van der Waals surface area contributed by atoms with Gasteiger partial charge < -0.3 is 10.6 Å². The molecule has 2 saturated heterocycles. The molecule has 0 atom stereocenters. The van der Waals surface area contributed by atoms with E-state index >= 15 is 0 Å². The summed E-state index contributed by atoms with van der Waals surface area (Å²) in [4.78, 5) is 6.11. The van der Waals surface area contributed by atoms with E-state index in [1.54, 1.807) is 0 Å². The van der Waals surface area contributed by atoms with E-state index in [-0.39, 0.29) is 5.54 Å². The molecular formula is C13H25F3N4. The summed E-state index contributed by atoms with van der Waals surface area (Å²) in [5, 5.41) is 0. The zero-order valence-corrected chi connectivity index (χ0v) is 12.1. The van der Waals surface area contributed by atoms with Gasteiger partial charge in [0, 0.05) is 38.3 Å². The molecule has 2 fully saturated rings. The lowest BCUT2D eigenvalue weighted by molar-refractivity contribution is -0.151. The highest BCUT2D eigenvalue weighted by molar-refractivity contribution is 4.97. The Morgan fingerprint density at radius 3 is 2.00 bits per heavy atom. The van der Waals surface area contributed by atoms with Crippen molar-refractivity contribution in [1.82, 2.24) is 14.7 Å². The number of hydrogen-bond donors (Lipinski definition) is 1. The predicted octanol–water partition coefficient (Wildman–Crippen LogP) is 0.589. The molecule has 0 aromatic carbocycles. The van der Waals surface area contributed by atoms with Crippen LogP contribution in [0.3, 0.4) is 0 Å². The van der Waals surface area contributed by atoms with Crippen LogP contribution >= 0.6 is 0 Å². The number of piperazine rings is 1. The lowest BCUT2D eigenvalue weighted by atomic mass is 9.85. The van der Waals surface area contributed by atoms with Crippen molar-refractivity contribution in [3.63, 3.8) is 0 Å². The largest absolute Gasteiger partial charge is 0.401 e. The highest BCUT2D eigenvalue weighted by Crippen LogP contribution is 2.29. The molecule has 7 heteroatoms. The van der Waals surface area contributed by atoms with Crippen molar-refractivity contribution >= 4 is 0 Å². The van der Waals surface area contributed by atoms with E-state index < -0.39 is 12.7 Å². The monoisotopic (exact) mass is 294 g/mol. The fourth-order valence-electron chi connectivity index (χ4n) is 3.32. The second-order valence-electron chi connectivity index (χ2n) is 6.11. The van der Waals surface area contributed by atoms with Gasteiger partial charge in [0.2, 0.25) is 0 Å². The second-order valence-corrected chi connectivity index (χ2v) is 6.11. The van der Waals surface area contributed by atoms with Gasteiger partial charge in [-0.3, -0.25) is 9.80 Å². The Hall–Kier alpha value is -0.370. The molecular weight excluding hydrogens is 269 g/mol. The summed E-state index contributed by atoms with van der Waals surface area (Å²) in [6.45, 7) is 4.18. The van der Waals surface area contributed by atoms with Crippen LogP contribution in [0.4, 0.5) is 13.2 Å². The van der Waals surface area contributed by atoms with E-state index in [4.69, 9.17) is 5.73 Å². The van der Waals surface area contributed by atoms with E-state index in [1.165, 1.54) is 4.90 Å². The molecule has 0 aliphatic carbocycles. The summed E-state index contributed by atoms with van der Waals surface area (Å²) in [6, 6.07) is 0. The van der Waals surface area contributed by atoms with Gasteiger partial charge in [0.05, 0.1) is 6.54 Å². The Balaban J connectivity index is 1.89. The third kappa shape index (κ3) is 3.84. The number of likely N-dealkylation sites (tertiary alicyclic amines) is 1. The fraction of sp³-hybridized carbons (Fsp3) is 1.00. The maximum atomic E-state index is 12.4. The van der Waals surface area contributed by atoms with Crippen molar-refractivity contribution in [2.75, 3.05) is 59.4 Å². The maximum Gasteiger partial charge on any atom is 0.401 e. The summed E-state index contributed by atoms with van der Waals surface area (Å²) in [7, 11) is 2.10. The van der Waals surface area contributed by atoms with Gasteiger partial charge in [0.15, 0.2) is 0 Å². The number of halogens is 3. The first kappa shape index (κ1) is 16.0. The van der Waals surface area contributed by atoms with Crippen molar-refractivity contribution < 1.29 is 13.2 Å². The van der Waals surface area contributed by atoms with Crippen molar-refractivity contribution in [3.8, 4) is 0 Å². The highest BCUT2D eigenvalue weighted by atomic mass is 19.4. The molecule has 0 bridgehead atoms. The van der Waals surface area contributed by atoms with Gasteiger partial charge in [-0.25, -0.2) is 0 Å². The van der Waals surface area contributed by atoms with E-state index in [2.05, 4.69) is 16.8 Å². The van der Waals surface area contributed by atoms with Crippen molar-refractivity contribution in [1.29, 1.82) is 0 Å². The van der Waals surface area contributed by atoms with Crippen LogP contribution in [0.25, 0.3) is 0 Å². The van der Waals surface area contributed by atoms with Crippen LogP contribution < -0.4 is 5.73 Å². The Labute approximate surface area is 118 Å². The number of piperidine rings is 1. The Kier molecular flexibility index (Phi) is 4.94. The van der Waals surface area contributed by atoms with E-state index in [9.17, 15) is 13.2 Å². The second kappa shape index (κ2) is 6.17. The number of nitrogens with zero attached hydrogens (tertiary/aromatic N) is 3. The molecule has 2 N–H and O–H groups in total. The number of alkyl halides is 3. The molecule has 0 aromatic rings. The van der Waals surface area contributed by atoms with Gasteiger partial charge in [0.1, 0.15) is 0 Å². The van der Waals surface area contributed by atoms with Gasteiger partial charge in [-0.15, -0.1) is 0 Å². The lowest BCUT2D eigenvalue weighted by Gasteiger charge is -2.50. The van der Waals surface area contributed by atoms with Crippen LogP contribution in [0.1, 0.15) is 12.8 Å². The molecule has 4 nitrogen and oxygen atoms in total. The molecule has 118 valence electrons. The average Bonchev–Trinajstić information content (AvgIpc) is 2.39. The summed E-state index contributed by atoms with van der Waals surface area (Å²) < 4.78 is 37.2.